The van der Waals surface area contributed by atoms with Crippen molar-refractivity contribution in [3.05, 3.63) is 98.6 Å². The van der Waals surface area contributed by atoms with Crippen LogP contribution in [0.25, 0.3) is 5.69 Å². The molecule has 1 N–H and O–H groups in total. The lowest BCUT2D eigenvalue weighted by Crippen LogP contribution is -2.23. The number of nitro groups is 1. The highest BCUT2D eigenvalue weighted by Crippen LogP contribution is 2.40. The largest absolute Gasteiger partial charge is 0.467 e. The number of aryl methyl sites for hydroxylation is 1. The molecule has 1 aliphatic carbocycles. The molecule has 4 aromatic rings. The molecule has 172 valence electrons. The Labute approximate surface area is 199 Å². The van der Waals surface area contributed by atoms with E-state index in [0.29, 0.717) is 22.9 Å². The van der Waals surface area contributed by atoms with Crippen molar-refractivity contribution >= 4 is 34.1 Å². The molecule has 0 aliphatic heterocycles. The van der Waals surface area contributed by atoms with Gasteiger partial charge < -0.3 is 14.3 Å². The van der Waals surface area contributed by atoms with Crippen LogP contribution in [0.15, 0.2) is 70.4 Å². The van der Waals surface area contributed by atoms with E-state index in [1.165, 1.54) is 17.0 Å². The molecule has 9 heteroatoms. The summed E-state index contributed by atoms with van der Waals surface area (Å²) in [4.78, 5) is 29.6. The molecule has 3 heterocycles. The van der Waals surface area contributed by atoms with Gasteiger partial charge in [-0.15, -0.1) is 11.3 Å². The highest BCUT2D eigenvalue weighted by atomic mass is 32.1. The minimum atomic E-state index is -0.418. The number of nitrogens with one attached hydrogen (secondary N) is 1. The van der Waals surface area contributed by atoms with Gasteiger partial charge in [0.05, 0.1) is 35.2 Å². The third-order valence-corrected chi connectivity index (χ3v) is 7.02. The molecule has 0 radical (unpaired) electrons. The summed E-state index contributed by atoms with van der Waals surface area (Å²) in [5.74, 6) is 0.553. The standard InChI is InChI=1S/C25H22N4O4S/c30-24(26-16-20-6-4-14-33-20)23-21-7-1-2-8-22(21)34-25(23)27-15-19-5-3-13-28(19)17-9-11-18(12-10-17)29(31)32/h3-6,9-15H,1-2,7-8,16H2,(H,26,30). The van der Waals surface area contributed by atoms with E-state index >= 15 is 0 Å². The number of thiophene rings is 1. The lowest BCUT2D eigenvalue weighted by Gasteiger charge is -2.12. The molecule has 0 bridgehead atoms. The van der Waals surface area contributed by atoms with Crippen LogP contribution in [0.1, 0.15) is 45.1 Å². The minimum Gasteiger partial charge on any atom is -0.467 e. The number of amides is 1. The Morgan fingerprint density at radius 1 is 1.18 bits per heavy atom. The van der Waals surface area contributed by atoms with E-state index < -0.39 is 4.92 Å². The number of rotatable bonds is 7. The third-order valence-electron chi connectivity index (χ3n) is 5.82. The number of benzene rings is 1. The smallest absolute Gasteiger partial charge is 0.269 e. The van der Waals surface area contributed by atoms with Gasteiger partial charge in [0.15, 0.2) is 0 Å². The second kappa shape index (κ2) is 9.48. The van der Waals surface area contributed by atoms with E-state index in [0.717, 1.165) is 42.6 Å². The van der Waals surface area contributed by atoms with Crippen molar-refractivity contribution < 1.29 is 14.1 Å². The second-order valence-electron chi connectivity index (χ2n) is 7.99. The average molecular weight is 475 g/mol. The monoisotopic (exact) mass is 474 g/mol. The predicted octanol–water partition coefficient (Wildman–Crippen LogP) is 5.60. The van der Waals surface area contributed by atoms with Crippen molar-refractivity contribution in [1.29, 1.82) is 0 Å². The Morgan fingerprint density at radius 3 is 2.76 bits per heavy atom. The number of aromatic nitrogens is 1. The van der Waals surface area contributed by atoms with Crippen LogP contribution in [-0.2, 0) is 19.4 Å². The molecular weight excluding hydrogens is 452 g/mol. The molecular formula is C25H22N4O4S. The molecule has 5 rings (SSSR count). The van der Waals surface area contributed by atoms with Gasteiger partial charge in [-0.05, 0) is 67.6 Å². The number of nitro benzene ring substituents is 1. The number of furan rings is 1. The fourth-order valence-corrected chi connectivity index (χ4v) is 5.37. The Balaban J connectivity index is 1.43. The molecule has 0 saturated heterocycles. The first-order valence-electron chi connectivity index (χ1n) is 11.0. The van der Waals surface area contributed by atoms with Gasteiger partial charge in [0.25, 0.3) is 11.6 Å². The van der Waals surface area contributed by atoms with Crippen molar-refractivity contribution in [3.63, 3.8) is 0 Å². The van der Waals surface area contributed by atoms with E-state index in [2.05, 4.69) is 5.32 Å². The van der Waals surface area contributed by atoms with Gasteiger partial charge >= 0.3 is 0 Å². The van der Waals surface area contributed by atoms with Crippen LogP contribution >= 0.6 is 11.3 Å². The lowest BCUT2D eigenvalue weighted by molar-refractivity contribution is -0.384. The number of carbonyl (C=O) groups is 1. The van der Waals surface area contributed by atoms with E-state index in [1.54, 1.807) is 42.0 Å². The first-order valence-corrected chi connectivity index (χ1v) is 11.8. The van der Waals surface area contributed by atoms with Crippen LogP contribution in [0.4, 0.5) is 10.7 Å². The Bertz CT molecular complexity index is 1350. The zero-order chi connectivity index (χ0) is 23.5. The van der Waals surface area contributed by atoms with Crippen LogP contribution in [-0.4, -0.2) is 21.6 Å². The van der Waals surface area contributed by atoms with Crippen molar-refractivity contribution in [2.45, 2.75) is 32.2 Å². The highest BCUT2D eigenvalue weighted by molar-refractivity contribution is 7.16. The molecule has 0 atom stereocenters. The van der Waals surface area contributed by atoms with E-state index in [4.69, 9.17) is 9.41 Å². The van der Waals surface area contributed by atoms with Crippen LogP contribution in [0.5, 0.6) is 0 Å². The number of carbonyl (C=O) groups excluding carboxylic acids is 1. The number of aliphatic imine (C=N–C) groups is 1. The molecule has 0 saturated carbocycles. The fourth-order valence-electron chi connectivity index (χ4n) is 4.14. The Morgan fingerprint density at radius 2 is 2.00 bits per heavy atom. The van der Waals surface area contributed by atoms with Crippen LogP contribution in [0, 0.1) is 10.1 Å². The zero-order valence-corrected chi connectivity index (χ0v) is 19.1. The molecule has 0 spiro atoms. The molecule has 0 unspecified atom stereocenters. The summed E-state index contributed by atoms with van der Waals surface area (Å²) in [6, 6.07) is 13.8. The maximum Gasteiger partial charge on any atom is 0.269 e. The minimum absolute atomic E-state index is 0.0421. The number of non-ortho nitro benzene ring substituents is 1. The highest BCUT2D eigenvalue weighted by Gasteiger charge is 2.25. The fraction of sp³-hybridized carbons (Fsp3) is 0.200. The van der Waals surface area contributed by atoms with Crippen LogP contribution in [0.2, 0.25) is 0 Å². The van der Waals surface area contributed by atoms with Gasteiger partial charge in [-0.2, -0.15) is 0 Å². The van der Waals surface area contributed by atoms with E-state index in [9.17, 15) is 14.9 Å². The first kappa shape index (κ1) is 21.8. The molecule has 0 fully saturated rings. The molecule has 1 aliphatic rings. The summed E-state index contributed by atoms with van der Waals surface area (Å²) in [6.45, 7) is 0.322. The summed E-state index contributed by atoms with van der Waals surface area (Å²) in [6.07, 6.45) is 9.23. The normalized spacial score (nSPS) is 13.2. The topological polar surface area (TPSA) is 103 Å². The van der Waals surface area contributed by atoms with Gasteiger partial charge in [-0.3, -0.25) is 14.9 Å². The average Bonchev–Trinajstić information content (AvgIpc) is 3.61. The molecule has 8 nitrogen and oxygen atoms in total. The third kappa shape index (κ3) is 4.42. The maximum atomic E-state index is 13.2. The molecule has 1 aromatic carbocycles. The van der Waals surface area contributed by atoms with Gasteiger partial charge in [-0.25, -0.2) is 4.99 Å². The second-order valence-corrected chi connectivity index (χ2v) is 9.07. The SMILES string of the molecule is O=C(NCc1ccco1)c1c(N=Cc2cccn2-c2ccc([N+](=O)[O-])cc2)sc2c1CCCC2. The van der Waals surface area contributed by atoms with Gasteiger partial charge in [0.2, 0.25) is 0 Å². The van der Waals surface area contributed by atoms with Crippen LogP contribution < -0.4 is 5.32 Å². The van der Waals surface area contributed by atoms with E-state index in [-0.39, 0.29) is 11.6 Å². The molecule has 1 amide bonds. The lowest BCUT2D eigenvalue weighted by atomic mass is 9.95. The summed E-state index contributed by atoms with van der Waals surface area (Å²) in [5, 5.41) is 14.6. The summed E-state index contributed by atoms with van der Waals surface area (Å²) in [5.41, 5.74) is 3.39. The molecule has 34 heavy (non-hydrogen) atoms. The zero-order valence-electron chi connectivity index (χ0n) is 18.3. The Hall–Kier alpha value is -3.98. The number of nitrogens with zero attached hydrogens (tertiary/aromatic N) is 3. The summed E-state index contributed by atoms with van der Waals surface area (Å²) < 4.78 is 7.23. The number of hydrogen-bond donors (Lipinski definition) is 1. The maximum absolute atomic E-state index is 13.2. The van der Waals surface area contributed by atoms with Gasteiger partial charge in [0, 0.05) is 28.9 Å². The number of fused-ring (bicyclic) bond motifs is 1. The van der Waals surface area contributed by atoms with Crippen molar-refractivity contribution in [2.75, 3.05) is 0 Å². The van der Waals surface area contributed by atoms with Crippen molar-refractivity contribution in [1.82, 2.24) is 9.88 Å². The van der Waals surface area contributed by atoms with Crippen LogP contribution in [0.3, 0.4) is 0 Å². The number of hydrogen-bond acceptors (Lipinski definition) is 6. The first-order chi connectivity index (χ1) is 16.6. The Kier molecular flexibility index (Phi) is 6.09. The van der Waals surface area contributed by atoms with Gasteiger partial charge in [-0.1, -0.05) is 0 Å². The summed E-state index contributed by atoms with van der Waals surface area (Å²) in [7, 11) is 0. The quantitative estimate of drug-likeness (QED) is 0.214. The predicted molar refractivity (Wildman–Crippen MR) is 131 cm³/mol. The van der Waals surface area contributed by atoms with Gasteiger partial charge in [0.1, 0.15) is 10.8 Å². The van der Waals surface area contributed by atoms with Crippen molar-refractivity contribution in [3.8, 4) is 5.69 Å². The molecule has 3 aromatic heterocycles. The van der Waals surface area contributed by atoms with E-state index in [1.807, 2.05) is 29.0 Å². The summed E-state index contributed by atoms with van der Waals surface area (Å²) >= 11 is 1.58. The van der Waals surface area contributed by atoms with Crippen molar-refractivity contribution in [2.24, 2.45) is 4.99 Å².